The molecule has 0 saturated heterocycles. The van der Waals surface area contributed by atoms with Crippen LogP contribution in [0.4, 0.5) is 18.3 Å². The largest absolute Gasteiger partial charge is 0.401 e. The van der Waals surface area contributed by atoms with Crippen LogP contribution in [-0.2, 0) is 6.54 Å². The molecule has 0 aliphatic rings. The number of nitrogens with zero attached hydrogens (tertiary/aromatic N) is 3. The summed E-state index contributed by atoms with van der Waals surface area (Å²) < 4.78 is 37.1. The smallest absolute Gasteiger partial charge is 0.360 e. The first-order valence-electron chi connectivity index (χ1n) is 5.80. The van der Waals surface area contributed by atoms with E-state index in [-0.39, 0.29) is 6.54 Å². The quantitative estimate of drug-likeness (QED) is 0.835. The molecule has 1 N–H and O–H groups in total. The number of rotatable bonds is 7. The van der Waals surface area contributed by atoms with Gasteiger partial charge in [0.05, 0.1) is 13.1 Å². The molecule has 0 aromatic carbocycles. The Bertz CT molecular complexity index is 353. The Labute approximate surface area is 108 Å². The van der Waals surface area contributed by atoms with Crippen LogP contribution in [0, 0.1) is 0 Å². The van der Waals surface area contributed by atoms with Crippen LogP contribution in [0.25, 0.3) is 0 Å². The predicted molar refractivity (Wildman–Crippen MR) is 65.7 cm³/mol. The third-order valence-electron chi connectivity index (χ3n) is 2.10. The van der Waals surface area contributed by atoms with E-state index in [9.17, 15) is 13.2 Å². The lowest BCUT2D eigenvalue weighted by molar-refractivity contribution is -0.147. The van der Waals surface area contributed by atoms with Crippen molar-refractivity contribution in [1.82, 2.24) is 15.1 Å². The molecule has 104 valence electrons. The molecule has 0 aliphatic heterocycles. The average Bonchev–Trinajstić information content (AvgIpc) is 2.64. The minimum absolute atomic E-state index is 0.191. The second kappa shape index (κ2) is 6.89. The fraction of sp³-hybridized carbons (Fsp3) is 0.800. The Morgan fingerprint density at radius 2 is 2.00 bits per heavy atom. The molecule has 0 aliphatic carbocycles. The molecule has 18 heavy (non-hydrogen) atoms. The van der Waals surface area contributed by atoms with Gasteiger partial charge in [-0.25, -0.2) is 0 Å². The van der Waals surface area contributed by atoms with Crippen LogP contribution in [0.3, 0.4) is 0 Å². The second-order valence-electron chi connectivity index (χ2n) is 3.86. The van der Waals surface area contributed by atoms with Crippen molar-refractivity contribution in [2.75, 3.05) is 25.0 Å². The summed E-state index contributed by atoms with van der Waals surface area (Å²) in [6, 6.07) is 0. The van der Waals surface area contributed by atoms with E-state index in [4.69, 9.17) is 0 Å². The summed E-state index contributed by atoms with van der Waals surface area (Å²) in [6.07, 6.45) is -3.50. The molecular formula is C10H17F3N4S. The van der Waals surface area contributed by atoms with Crippen LogP contribution in [0.15, 0.2) is 0 Å². The lowest BCUT2D eigenvalue weighted by atomic mass is 10.4. The molecule has 0 atom stereocenters. The van der Waals surface area contributed by atoms with Crippen molar-refractivity contribution in [3.05, 3.63) is 5.01 Å². The van der Waals surface area contributed by atoms with Gasteiger partial charge in [0.25, 0.3) is 0 Å². The average molecular weight is 282 g/mol. The zero-order valence-corrected chi connectivity index (χ0v) is 11.2. The zero-order valence-electron chi connectivity index (χ0n) is 10.4. The van der Waals surface area contributed by atoms with Gasteiger partial charge in [0.1, 0.15) is 5.01 Å². The van der Waals surface area contributed by atoms with Crippen molar-refractivity contribution in [2.24, 2.45) is 0 Å². The second-order valence-corrected chi connectivity index (χ2v) is 4.92. The maximum atomic E-state index is 12.4. The molecule has 0 unspecified atom stereocenters. The Kier molecular flexibility index (Phi) is 5.80. The van der Waals surface area contributed by atoms with Crippen LogP contribution in [-0.4, -0.2) is 40.9 Å². The fourth-order valence-electron chi connectivity index (χ4n) is 1.52. The van der Waals surface area contributed by atoms with Crippen LogP contribution in [0.1, 0.15) is 25.3 Å². The summed E-state index contributed by atoms with van der Waals surface area (Å²) in [6.45, 7) is 4.18. The number of anilines is 1. The molecule has 8 heteroatoms. The zero-order chi connectivity index (χ0) is 13.6. The first-order chi connectivity index (χ1) is 8.44. The van der Waals surface area contributed by atoms with Gasteiger partial charge >= 0.3 is 6.18 Å². The highest BCUT2D eigenvalue weighted by atomic mass is 32.1. The van der Waals surface area contributed by atoms with Gasteiger partial charge in [-0.05, 0) is 19.9 Å². The summed E-state index contributed by atoms with van der Waals surface area (Å²) in [5.74, 6) is 0. The number of aromatic nitrogens is 2. The Balaban J connectivity index is 2.58. The van der Waals surface area contributed by atoms with Crippen molar-refractivity contribution < 1.29 is 13.2 Å². The van der Waals surface area contributed by atoms with Gasteiger partial charge < -0.3 is 5.32 Å². The topological polar surface area (TPSA) is 41.1 Å². The predicted octanol–water partition coefficient (Wildman–Crippen LogP) is 2.74. The van der Waals surface area contributed by atoms with Gasteiger partial charge in [-0.3, -0.25) is 4.90 Å². The Morgan fingerprint density at radius 1 is 1.28 bits per heavy atom. The molecule has 1 aromatic heterocycles. The number of nitrogens with one attached hydrogen (secondary N) is 1. The number of alkyl halides is 3. The SMILES string of the molecule is CCCN(Cc1nnc(NCC)s1)CC(F)(F)F. The van der Waals surface area contributed by atoms with Crippen molar-refractivity contribution in [3.8, 4) is 0 Å². The molecule has 1 rings (SSSR count). The summed E-state index contributed by atoms with van der Waals surface area (Å²) >= 11 is 1.30. The van der Waals surface area contributed by atoms with E-state index in [0.29, 0.717) is 23.1 Å². The lowest BCUT2D eigenvalue weighted by Gasteiger charge is -2.21. The van der Waals surface area contributed by atoms with E-state index < -0.39 is 12.7 Å². The molecule has 0 spiro atoms. The summed E-state index contributed by atoms with van der Waals surface area (Å²) in [5.41, 5.74) is 0. The van der Waals surface area contributed by atoms with Gasteiger partial charge in [0, 0.05) is 6.54 Å². The molecular weight excluding hydrogens is 265 g/mol. The van der Waals surface area contributed by atoms with Gasteiger partial charge in [-0.15, -0.1) is 10.2 Å². The molecule has 0 amide bonds. The number of hydrogen-bond acceptors (Lipinski definition) is 5. The maximum absolute atomic E-state index is 12.4. The first-order valence-corrected chi connectivity index (χ1v) is 6.61. The maximum Gasteiger partial charge on any atom is 0.401 e. The fourth-order valence-corrected chi connectivity index (χ4v) is 2.37. The molecule has 0 fully saturated rings. The van der Waals surface area contributed by atoms with Gasteiger partial charge in [0.15, 0.2) is 0 Å². The van der Waals surface area contributed by atoms with Crippen molar-refractivity contribution >= 4 is 16.5 Å². The van der Waals surface area contributed by atoms with E-state index in [2.05, 4.69) is 15.5 Å². The van der Waals surface area contributed by atoms with Crippen LogP contribution in [0.2, 0.25) is 0 Å². The van der Waals surface area contributed by atoms with Crippen LogP contribution >= 0.6 is 11.3 Å². The van der Waals surface area contributed by atoms with E-state index in [0.717, 1.165) is 6.54 Å². The Hall–Kier alpha value is -0.890. The molecule has 4 nitrogen and oxygen atoms in total. The third kappa shape index (κ3) is 5.63. The normalized spacial score (nSPS) is 12.1. The van der Waals surface area contributed by atoms with Crippen molar-refractivity contribution in [1.29, 1.82) is 0 Å². The van der Waals surface area contributed by atoms with E-state index in [1.54, 1.807) is 0 Å². The molecule has 0 bridgehead atoms. The molecule has 0 radical (unpaired) electrons. The highest BCUT2D eigenvalue weighted by molar-refractivity contribution is 7.15. The highest BCUT2D eigenvalue weighted by Gasteiger charge is 2.30. The van der Waals surface area contributed by atoms with Crippen LogP contribution < -0.4 is 5.32 Å². The summed E-state index contributed by atoms with van der Waals surface area (Å²) in [4.78, 5) is 1.34. The van der Waals surface area contributed by atoms with E-state index in [1.165, 1.54) is 16.2 Å². The lowest BCUT2D eigenvalue weighted by Crippen LogP contribution is -2.34. The van der Waals surface area contributed by atoms with E-state index >= 15 is 0 Å². The van der Waals surface area contributed by atoms with Crippen LogP contribution in [0.5, 0.6) is 0 Å². The van der Waals surface area contributed by atoms with Gasteiger partial charge in [-0.2, -0.15) is 13.2 Å². The summed E-state index contributed by atoms with van der Waals surface area (Å²) in [5, 5.41) is 12.0. The number of halogens is 3. The monoisotopic (exact) mass is 282 g/mol. The minimum Gasteiger partial charge on any atom is -0.360 e. The van der Waals surface area contributed by atoms with Crippen molar-refractivity contribution in [2.45, 2.75) is 33.0 Å². The highest BCUT2D eigenvalue weighted by Crippen LogP contribution is 2.21. The Morgan fingerprint density at radius 3 is 2.56 bits per heavy atom. The standard InChI is InChI=1S/C10H17F3N4S/c1-3-5-17(7-10(11,12)13)6-8-15-16-9(18-8)14-4-2/h3-7H2,1-2H3,(H,14,16). The minimum atomic E-state index is -4.18. The van der Waals surface area contributed by atoms with E-state index in [1.807, 2.05) is 13.8 Å². The summed E-state index contributed by atoms with van der Waals surface area (Å²) in [7, 11) is 0. The molecule has 1 aromatic rings. The van der Waals surface area contributed by atoms with Gasteiger partial charge in [-0.1, -0.05) is 18.3 Å². The molecule has 1 heterocycles. The first kappa shape index (κ1) is 15.2. The third-order valence-corrected chi connectivity index (χ3v) is 2.96. The molecule has 0 saturated carbocycles. The van der Waals surface area contributed by atoms with Gasteiger partial charge in [0.2, 0.25) is 5.13 Å². The van der Waals surface area contributed by atoms with Crippen molar-refractivity contribution in [3.63, 3.8) is 0 Å². The number of hydrogen-bond donors (Lipinski definition) is 1.